The van der Waals surface area contributed by atoms with Crippen molar-refractivity contribution in [2.45, 2.75) is 32.6 Å². The van der Waals surface area contributed by atoms with Gasteiger partial charge in [0.1, 0.15) is 0 Å². The van der Waals surface area contributed by atoms with Crippen molar-refractivity contribution in [3.8, 4) is 11.3 Å². The molecule has 0 N–H and O–H groups in total. The molecule has 24 heavy (non-hydrogen) atoms. The Morgan fingerprint density at radius 1 is 1.12 bits per heavy atom. The van der Waals surface area contributed by atoms with Gasteiger partial charge in [0.2, 0.25) is 10.0 Å². The maximum atomic E-state index is 11.6. The molecule has 0 radical (unpaired) electrons. The summed E-state index contributed by atoms with van der Waals surface area (Å²) in [6.07, 6.45) is 6.45. The highest BCUT2D eigenvalue weighted by Gasteiger charge is 2.26. The lowest BCUT2D eigenvalue weighted by Crippen LogP contribution is -2.37. The molecule has 0 atom stereocenters. The minimum atomic E-state index is -3.09. The number of sulfonamides is 1. The van der Waals surface area contributed by atoms with E-state index in [1.807, 2.05) is 31.8 Å². The molecule has 2 aromatic rings. The summed E-state index contributed by atoms with van der Waals surface area (Å²) in [6, 6.07) is 0. The summed E-state index contributed by atoms with van der Waals surface area (Å²) < 4.78 is 26.6. The number of hydrogen-bond acceptors (Lipinski definition) is 5. The number of aryl methyl sites for hydroxylation is 2. The van der Waals surface area contributed by atoms with Crippen LogP contribution >= 0.6 is 0 Å². The Kier molecular flexibility index (Phi) is 4.44. The molecule has 130 valence electrons. The van der Waals surface area contributed by atoms with Gasteiger partial charge in [0.25, 0.3) is 0 Å². The van der Waals surface area contributed by atoms with Crippen molar-refractivity contribution in [2.75, 3.05) is 19.3 Å². The fourth-order valence-electron chi connectivity index (χ4n) is 3.31. The van der Waals surface area contributed by atoms with Crippen LogP contribution in [0.15, 0.2) is 12.4 Å². The molecule has 1 aliphatic heterocycles. The Hall–Kier alpha value is -1.80. The summed E-state index contributed by atoms with van der Waals surface area (Å²) >= 11 is 0. The smallest absolute Gasteiger partial charge is 0.211 e. The second-order valence-electron chi connectivity index (χ2n) is 6.43. The van der Waals surface area contributed by atoms with Crippen LogP contribution in [0.25, 0.3) is 11.3 Å². The van der Waals surface area contributed by atoms with Crippen LogP contribution in [0.1, 0.15) is 35.8 Å². The quantitative estimate of drug-likeness (QED) is 0.841. The molecule has 0 amide bonds. The van der Waals surface area contributed by atoms with Crippen molar-refractivity contribution < 1.29 is 8.42 Å². The lowest BCUT2D eigenvalue weighted by molar-refractivity contribution is 0.318. The average molecular weight is 349 g/mol. The van der Waals surface area contributed by atoms with Crippen LogP contribution in [0.3, 0.4) is 0 Å². The summed E-state index contributed by atoms with van der Waals surface area (Å²) in [5, 5.41) is 4.42. The highest BCUT2D eigenvalue weighted by Crippen LogP contribution is 2.29. The Balaban J connectivity index is 1.76. The Morgan fingerprint density at radius 3 is 2.25 bits per heavy atom. The maximum Gasteiger partial charge on any atom is 0.211 e. The monoisotopic (exact) mass is 349 g/mol. The molecule has 7 nitrogen and oxygen atoms in total. The number of aromatic nitrogens is 4. The second-order valence-corrected chi connectivity index (χ2v) is 8.41. The van der Waals surface area contributed by atoms with E-state index in [4.69, 9.17) is 0 Å². The van der Waals surface area contributed by atoms with E-state index in [1.54, 1.807) is 6.20 Å². The molecule has 8 heteroatoms. The highest BCUT2D eigenvalue weighted by molar-refractivity contribution is 7.88. The van der Waals surface area contributed by atoms with Gasteiger partial charge in [0.05, 0.1) is 29.5 Å². The molecule has 3 rings (SSSR count). The van der Waals surface area contributed by atoms with E-state index in [0.717, 1.165) is 41.2 Å². The fraction of sp³-hybridized carbons (Fsp3) is 0.562. The fourth-order valence-corrected chi connectivity index (χ4v) is 4.18. The molecule has 0 unspecified atom stereocenters. The minimum absolute atomic E-state index is 0.264. The molecule has 1 saturated heterocycles. The molecule has 2 aromatic heterocycles. The van der Waals surface area contributed by atoms with Gasteiger partial charge in [-0.15, -0.1) is 0 Å². The van der Waals surface area contributed by atoms with Crippen LogP contribution in [-0.4, -0.2) is 51.8 Å². The van der Waals surface area contributed by atoms with E-state index in [1.165, 1.54) is 10.6 Å². The average Bonchev–Trinajstić information content (AvgIpc) is 2.80. The van der Waals surface area contributed by atoms with Gasteiger partial charge >= 0.3 is 0 Å². The second kappa shape index (κ2) is 6.25. The summed E-state index contributed by atoms with van der Waals surface area (Å²) in [7, 11) is -1.17. The summed E-state index contributed by atoms with van der Waals surface area (Å²) in [5.41, 5.74) is 4.81. The Labute approximate surface area is 142 Å². The third kappa shape index (κ3) is 3.21. The standard InChI is InChI=1S/C16H23N5O2S/c1-11-16(12(2)20(3)19-11)15-10-17-14(9-18-15)13-5-7-21(8-6-13)24(4,22)23/h9-10,13H,5-8H2,1-4H3. The summed E-state index contributed by atoms with van der Waals surface area (Å²) in [6.45, 7) is 5.09. The van der Waals surface area contributed by atoms with Crippen molar-refractivity contribution in [1.29, 1.82) is 0 Å². The van der Waals surface area contributed by atoms with E-state index < -0.39 is 10.0 Å². The van der Waals surface area contributed by atoms with Gasteiger partial charge in [-0.2, -0.15) is 5.10 Å². The number of piperidine rings is 1. The van der Waals surface area contributed by atoms with Crippen LogP contribution in [0.4, 0.5) is 0 Å². The van der Waals surface area contributed by atoms with Gasteiger partial charge in [-0.3, -0.25) is 14.6 Å². The highest BCUT2D eigenvalue weighted by atomic mass is 32.2. The molecule has 1 aliphatic rings. The number of nitrogens with zero attached hydrogens (tertiary/aromatic N) is 5. The first-order valence-electron chi connectivity index (χ1n) is 8.05. The SMILES string of the molecule is Cc1nn(C)c(C)c1-c1cnc(C2CCN(S(C)(=O)=O)CC2)cn1. The predicted molar refractivity (Wildman–Crippen MR) is 92.1 cm³/mol. The van der Waals surface area contributed by atoms with Crippen molar-refractivity contribution in [1.82, 2.24) is 24.1 Å². The molecule has 0 aromatic carbocycles. The minimum Gasteiger partial charge on any atom is -0.272 e. The van der Waals surface area contributed by atoms with Crippen molar-refractivity contribution in [2.24, 2.45) is 7.05 Å². The van der Waals surface area contributed by atoms with Crippen LogP contribution in [0.2, 0.25) is 0 Å². The molecular weight excluding hydrogens is 326 g/mol. The van der Waals surface area contributed by atoms with E-state index in [2.05, 4.69) is 15.1 Å². The first-order valence-corrected chi connectivity index (χ1v) is 9.90. The van der Waals surface area contributed by atoms with Crippen molar-refractivity contribution in [3.63, 3.8) is 0 Å². The predicted octanol–water partition coefficient (Wildman–Crippen LogP) is 1.63. The van der Waals surface area contributed by atoms with Gasteiger partial charge in [-0.05, 0) is 26.7 Å². The summed E-state index contributed by atoms with van der Waals surface area (Å²) in [4.78, 5) is 9.17. The first-order chi connectivity index (χ1) is 11.3. The van der Waals surface area contributed by atoms with E-state index in [0.29, 0.717) is 13.1 Å². The number of rotatable bonds is 3. The Bertz CT molecular complexity index is 834. The van der Waals surface area contributed by atoms with E-state index in [9.17, 15) is 8.42 Å². The maximum absolute atomic E-state index is 11.6. The third-order valence-corrected chi connectivity index (χ3v) is 6.08. The Morgan fingerprint density at radius 2 is 1.79 bits per heavy atom. The largest absolute Gasteiger partial charge is 0.272 e. The molecule has 0 spiro atoms. The molecular formula is C16H23N5O2S. The zero-order chi connectivity index (χ0) is 17.5. The lowest BCUT2D eigenvalue weighted by Gasteiger charge is -2.29. The zero-order valence-corrected chi connectivity index (χ0v) is 15.3. The normalized spacial score (nSPS) is 17.3. The van der Waals surface area contributed by atoms with Crippen LogP contribution in [0.5, 0.6) is 0 Å². The first kappa shape index (κ1) is 17.0. The zero-order valence-electron chi connectivity index (χ0n) is 14.5. The van der Waals surface area contributed by atoms with Crippen molar-refractivity contribution in [3.05, 3.63) is 29.5 Å². The number of hydrogen-bond donors (Lipinski definition) is 0. The third-order valence-electron chi connectivity index (χ3n) is 4.78. The van der Waals surface area contributed by atoms with Gasteiger partial charge in [0, 0.05) is 43.5 Å². The van der Waals surface area contributed by atoms with Gasteiger partial charge in [-0.1, -0.05) is 0 Å². The van der Waals surface area contributed by atoms with E-state index >= 15 is 0 Å². The van der Waals surface area contributed by atoms with Crippen LogP contribution < -0.4 is 0 Å². The molecule has 3 heterocycles. The van der Waals surface area contributed by atoms with Gasteiger partial charge in [-0.25, -0.2) is 12.7 Å². The van der Waals surface area contributed by atoms with Crippen LogP contribution in [0, 0.1) is 13.8 Å². The van der Waals surface area contributed by atoms with Gasteiger partial charge in [0.15, 0.2) is 0 Å². The molecule has 0 bridgehead atoms. The molecule has 0 aliphatic carbocycles. The lowest BCUT2D eigenvalue weighted by atomic mass is 9.95. The van der Waals surface area contributed by atoms with Crippen LogP contribution in [-0.2, 0) is 17.1 Å². The molecule has 1 fully saturated rings. The van der Waals surface area contributed by atoms with Gasteiger partial charge < -0.3 is 0 Å². The van der Waals surface area contributed by atoms with Crippen molar-refractivity contribution >= 4 is 10.0 Å². The summed E-state index contributed by atoms with van der Waals surface area (Å²) in [5.74, 6) is 0.264. The van der Waals surface area contributed by atoms with E-state index in [-0.39, 0.29) is 5.92 Å². The molecule has 0 saturated carbocycles. The topological polar surface area (TPSA) is 81.0 Å².